The molecular formula is C24H26ClF4N9O2. The van der Waals surface area contributed by atoms with Gasteiger partial charge in [-0.3, -0.25) is 19.3 Å². The van der Waals surface area contributed by atoms with Crippen LogP contribution in [0.5, 0.6) is 0 Å². The lowest BCUT2D eigenvalue weighted by atomic mass is 10.2. The van der Waals surface area contributed by atoms with E-state index in [0.717, 1.165) is 18.3 Å². The van der Waals surface area contributed by atoms with Crippen LogP contribution in [0.4, 0.5) is 17.6 Å². The van der Waals surface area contributed by atoms with Crippen molar-refractivity contribution in [2.24, 2.45) is 11.6 Å². The Morgan fingerprint density at radius 1 is 1.12 bits per heavy atom. The van der Waals surface area contributed by atoms with Gasteiger partial charge >= 0.3 is 6.18 Å². The second-order valence-corrected chi connectivity index (χ2v) is 8.94. The standard InChI is InChI=1S/C24H26ClF4N9O2/c25-19-4-3-17(26)9-15(19)11-33-23(40)21-14-38(36-35-21)8-2-1-7-37(31)13-20(30)22(39)34-12-18-10-16(5-6-32-18)24(27,28)29/h3-6,9-10,13-14H,1-2,7-8,11-12,30-31H2,(H,33,40)(H,34,39)/b20-13-. The van der Waals surface area contributed by atoms with E-state index in [-0.39, 0.29) is 30.2 Å². The van der Waals surface area contributed by atoms with E-state index in [0.29, 0.717) is 36.5 Å². The first-order valence-electron chi connectivity index (χ1n) is 11.8. The number of aromatic nitrogens is 4. The fourth-order valence-corrected chi connectivity index (χ4v) is 3.54. The Morgan fingerprint density at radius 2 is 1.90 bits per heavy atom. The van der Waals surface area contributed by atoms with Gasteiger partial charge in [-0.15, -0.1) is 5.10 Å². The summed E-state index contributed by atoms with van der Waals surface area (Å²) in [6.07, 6.45) is 0.313. The number of nitrogens with one attached hydrogen (secondary N) is 2. The van der Waals surface area contributed by atoms with Crippen LogP contribution in [0.2, 0.25) is 5.02 Å². The predicted octanol–water partition coefficient (Wildman–Crippen LogP) is 2.49. The minimum absolute atomic E-state index is 0.0188. The molecule has 11 nitrogen and oxygen atoms in total. The highest BCUT2D eigenvalue weighted by Gasteiger charge is 2.30. The van der Waals surface area contributed by atoms with Crippen LogP contribution in [-0.2, 0) is 30.6 Å². The van der Waals surface area contributed by atoms with E-state index < -0.39 is 29.4 Å². The van der Waals surface area contributed by atoms with Crippen LogP contribution in [0.3, 0.4) is 0 Å². The van der Waals surface area contributed by atoms with Crippen LogP contribution < -0.4 is 22.2 Å². The third kappa shape index (κ3) is 9.20. The lowest BCUT2D eigenvalue weighted by molar-refractivity contribution is -0.137. The third-order valence-corrected chi connectivity index (χ3v) is 5.78. The molecule has 1 aromatic carbocycles. The number of amides is 2. The Hall–Kier alpha value is -4.24. The lowest BCUT2D eigenvalue weighted by Crippen LogP contribution is -2.33. The molecule has 0 aliphatic carbocycles. The number of pyridine rings is 1. The Bertz CT molecular complexity index is 1360. The molecule has 0 saturated heterocycles. The number of carbonyl (C=O) groups is 2. The van der Waals surface area contributed by atoms with Gasteiger partial charge in [0.2, 0.25) is 0 Å². The molecule has 3 rings (SSSR count). The number of halogens is 5. The van der Waals surface area contributed by atoms with Gasteiger partial charge in [-0.2, -0.15) is 13.2 Å². The molecule has 0 atom stereocenters. The molecule has 0 spiro atoms. The fourth-order valence-electron chi connectivity index (χ4n) is 3.35. The van der Waals surface area contributed by atoms with E-state index in [4.69, 9.17) is 23.2 Å². The van der Waals surface area contributed by atoms with E-state index in [1.807, 2.05) is 0 Å². The predicted molar refractivity (Wildman–Crippen MR) is 136 cm³/mol. The number of unbranched alkanes of at least 4 members (excludes halogenated alkanes) is 1. The Kier molecular flexibility index (Phi) is 10.4. The van der Waals surface area contributed by atoms with Crippen molar-refractivity contribution in [2.75, 3.05) is 6.54 Å². The number of hydrogen-bond donors (Lipinski definition) is 4. The van der Waals surface area contributed by atoms with Crippen LogP contribution in [0.25, 0.3) is 0 Å². The number of nitrogens with two attached hydrogens (primary N) is 2. The molecule has 2 aromatic heterocycles. The van der Waals surface area contributed by atoms with Gasteiger partial charge in [-0.05, 0) is 48.7 Å². The zero-order chi connectivity index (χ0) is 29.3. The molecule has 0 fully saturated rings. The van der Waals surface area contributed by atoms with E-state index >= 15 is 0 Å². The number of aryl methyl sites for hydroxylation is 1. The molecule has 0 aliphatic heterocycles. The van der Waals surface area contributed by atoms with E-state index in [1.54, 1.807) is 0 Å². The van der Waals surface area contributed by atoms with Crippen LogP contribution in [0.1, 0.15) is 40.2 Å². The van der Waals surface area contributed by atoms with E-state index in [2.05, 4.69) is 25.9 Å². The number of nitrogens with zero attached hydrogens (tertiary/aromatic N) is 5. The first kappa shape index (κ1) is 30.3. The average molecular weight is 584 g/mol. The van der Waals surface area contributed by atoms with E-state index in [1.165, 1.54) is 40.3 Å². The minimum atomic E-state index is -4.52. The molecule has 3 aromatic rings. The topological polar surface area (TPSA) is 157 Å². The molecule has 0 unspecified atom stereocenters. The molecule has 0 bridgehead atoms. The SMILES string of the molecule is N/C(=C\N(N)CCCCn1cc(C(=O)NCc2cc(F)ccc2Cl)nn1)C(=O)NCc1cc(C(F)(F)F)ccn1. The Morgan fingerprint density at radius 3 is 2.65 bits per heavy atom. The van der Waals surface area contributed by atoms with Gasteiger partial charge in [0.25, 0.3) is 11.8 Å². The van der Waals surface area contributed by atoms with E-state index in [9.17, 15) is 27.2 Å². The molecular weight excluding hydrogens is 558 g/mol. The van der Waals surface area contributed by atoms with Crippen molar-refractivity contribution in [3.63, 3.8) is 0 Å². The normalized spacial score (nSPS) is 11.8. The van der Waals surface area contributed by atoms with Gasteiger partial charge < -0.3 is 21.4 Å². The highest BCUT2D eigenvalue weighted by Crippen LogP contribution is 2.29. The number of carbonyl (C=O) groups excluding carboxylic acids is 2. The molecule has 0 aliphatic rings. The quantitative estimate of drug-likeness (QED) is 0.0833. The summed E-state index contributed by atoms with van der Waals surface area (Å²) in [5.41, 5.74) is 5.14. The maximum Gasteiger partial charge on any atom is 0.416 e. The second kappa shape index (κ2) is 13.7. The summed E-state index contributed by atoms with van der Waals surface area (Å²) in [5.74, 6) is 4.16. The van der Waals surface area contributed by atoms with Crippen LogP contribution in [0, 0.1) is 5.82 Å². The van der Waals surface area contributed by atoms with Gasteiger partial charge in [-0.25, -0.2) is 10.2 Å². The summed E-state index contributed by atoms with van der Waals surface area (Å²) in [7, 11) is 0. The minimum Gasteiger partial charge on any atom is -0.393 e. The largest absolute Gasteiger partial charge is 0.416 e. The number of rotatable bonds is 12. The van der Waals surface area contributed by atoms with Crippen molar-refractivity contribution in [3.8, 4) is 0 Å². The summed E-state index contributed by atoms with van der Waals surface area (Å²) in [5, 5.41) is 14.2. The molecule has 40 heavy (non-hydrogen) atoms. The van der Waals surface area contributed by atoms with Gasteiger partial charge in [0.1, 0.15) is 11.5 Å². The van der Waals surface area contributed by atoms with Crippen molar-refractivity contribution in [2.45, 2.75) is 38.7 Å². The maximum atomic E-state index is 13.4. The first-order valence-corrected chi connectivity index (χ1v) is 12.2. The summed E-state index contributed by atoms with van der Waals surface area (Å²) < 4.78 is 53.2. The number of hydrogen-bond acceptors (Lipinski definition) is 8. The van der Waals surface area contributed by atoms with Gasteiger partial charge in [0.15, 0.2) is 5.69 Å². The summed E-state index contributed by atoms with van der Waals surface area (Å²) in [6, 6.07) is 5.52. The third-order valence-electron chi connectivity index (χ3n) is 5.41. The van der Waals surface area contributed by atoms with Crippen molar-refractivity contribution < 1.29 is 27.2 Å². The lowest BCUT2D eigenvalue weighted by Gasteiger charge is -2.15. The number of hydrazine groups is 1. The van der Waals surface area contributed by atoms with Crippen molar-refractivity contribution in [3.05, 3.63) is 88.0 Å². The molecule has 6 N–H and O–H groups in total. The first-order chi connectivity index (χ1) is 18.9. The maximum absolute atomic E-state index is 13.4. The average Bonchev–Trinajstić information content (AvgIpc) is 3.39. The zero-order valence-electron chi connectivity index (χ0n) is 21.0. The highest BCUT2D eigenvalue weighted by atomic mass is 35.5. The molecule has 0 saturated carbocycles. The van der Waals surface area contributed by atoms with Crippen molar-refractivity contribution in [1.29, 1.82) is 0 Å². The molecule has 214 valence electrons. The van der Waals surface area contributed by atoms with Gasteiger partial charge in [-0.1, -0.05) is 16.8 Å². The second-order valence-electron chi connectivity index (χ2n) is 8.53. The number of benzene rings is 1. The Balaban J connectivity index is 1.38. The molecule has 0 radical (unpaired) electrons. The zero-order valence-corrected chi connectivity index (χ0v) is 21.7. The highest BCUT2D eigenvalue weighted by molar-refractivity contribution is 6.31. The summed E-state index contributed by atoms with van der Waals surface area (Å²) in [4.78, 5) is 28.3. The molecule has 2 heterocycles. The van der Waals surface area contributed by atoms with Crippen molar-refractivity contribution >= 4 is 23.4 Å². The van der Waals surface area contributed by atoms with Crippen LogP contribution >= 0.6 is 11.6 Å². The number of alkyl halides is 3. The smallest absolute Gasteiger partial charge is 0.393 e. The monoisotopic (exact) mass is 583 g/mol. The van der Waals surface area contributed by atoms with Crippen LogP contribution in [-0.4, -0.2) is 43.3 Å². The summed E-state index contributed by atoms with van der Waals surface area (Å²) in [6.45, 7) is 0.511. The Labute approximate surface area is 231 Å². The summed E-state index contributed by atoms with van der Waals surface area (Å²) >= 11 is 5.99. The van der Waals surface area contributed by atoms with Crippen molar-refractivity contribution in [1.82, 2.24) is 35.6 Å². The fraction of sp³-hybridized carbons (Fsp3) is 0.292. The van der Waals surface area contributed by atoms with Crippen LogP contribution in [0.15, 0.2) is 54.6 Å². The molecule has 16 heteroatoms. The van der Waals surface area contributed by atoms with Gasteiger partial charge in [0, 0.05) is 37.1 Å². The molecule has 2 amide bonds. The van der Waals surface area contributed by atoms with Gasteiger partial charge in [0.05, 0.1) is 24.0 Å².